The molecule has 2 rings (SSSR count). The maximum Gasteiger partial charge on any atom is 0.411 e. The van der Waals surface area contributed by atoms with Crippen LogP contribution in [0, 0.1) is 0 Å². The minimum absolute atomic E-state index is 0.325. The molecule has 0 N–H and O–H groups in total. The first-order valence-corrected chi connectivity index (χ1v) is 8.42. The van der Waals surface area contributed by atoms with E-state index >= 15 is 0 Å². The van der Waals surface area contributed by atoms with Gasteiger partial charge in [0.05, 0.1) is 6.04 Å². The minimum Gasteiger partial charge on any atom is -0.444 e. The second-order valence-corrected chi connectivity index (χ2v) is 6.99. The first-order chi connectivity index (χ1) is 11.9. The van der Waals surface area contributed by atoms with Crippen LogP contribution in [0.1, 0.15) is 31.9 Å². The summed E-state index contributed by atoms with van der Waals surface area (Å²) in [4.78, 5) is 26.0. The largest absolute Gasteiger partial charge is 0.444 e. The molecule has 0 radical (unpaired) electrons. The number of benzene rings is 2. The lowest BCUT2D eigenvalue weighted by atomic mass is 10.0. The molecule has 0 fully saturated rings. The van der Waals surface area contributed by atoms with E-state index in [2.05, 4.69) is 0 Å². The van der Waals surface area contributed by atoms with Crippen molar-refractivity contribution < 1.29 is 14.3 Å². The lowest BCUT2D eigenvalue weighted by Crippen LogP contribution is -2.44. The van der Waals surface area contributed by atoms with Gasteiger partial charge in [0.15, 0.2) is 0 Å². The molecule has 4 nitrogen and oxygen atoms in total. The monoisotopic (exact) mass is 339 g/mol. The predicted molar refractivity (Wildman–Crippen MR) is 98.2 cm³/mol. The zero-order valence-corrected chi connectivity index (χ0v) is 15.0. The number of nitrogens with zero attached hydrogens (tertiary/aromatic N) is 1. The lowest BCUT2D eigenvalue weighted by Gasteiger charge is -2.31. The van der Waals surface area contributed by atoms with Crippen LogP contribution in [0.15, 0.2) is 60.7 Å². The molecule has 0 aliphatic carbocycles. The van der Waals surface area contributed by atoms with Crippen LogP contribution in [0.25, 0.3) is 0 Å². The van der Waals surface area contributed by atoms with Gasteiger partial charge in [-0.2, -0.15) is 0 Å². The molecule has 0 bridgehead atoms. The molecule has 0 spiro atoms. The van der Waals surface area contributed by atoms with Crippen molar-refractivity contribution in [2.24, 2.45) is 0 Å². The molecule has 0 unspecified atom stereocenters. The van der Waals surface area contributed by atoms with Gasteiger partial charge in [-0.05, 0) is 38.3 Å². The summed E-state index contributed by atoms with van der Waals surface area (Å²) in [5, 5.41) is 0. The summed E-state index contributed by atoms with van der Waals surface area (Å²) in [5.41, 5.74) is 1.33. The van der Waals surface area contributed by atoms with Crippen molar-refractivity contribution in [2.75, 3.05) is 0 Å². The normalized spacial score (nSPS) is 12.3. The van der Waals surface area contributed by atoms with Gasteiger partial charge in [-0.1, -0.05) is 60.7 Å². The van der Waals surface area contributed by atoms with Crippen LogP contribution in [0.5, 0.6) is 0 Å². The van der Waals surface area contributed by atoms with E-state index < -0.39 is 17.7 Å². The maximum absolute atomic E-state index is 12.7. The van der Waals surface area contributed by atoms with Gasteiger partial charge in [-0.3, -0.25) is 4.90 Å². The Hall–Kier alpha value is -2.62. The average Bonchev–Trinajstić information content (AvgIpc) is 2.58. The van der Waals surface area contributed by atoms with E-state index in [4.69, 9.17) is 4.74 Å². The van der Waals surface area contributed by atoms with Crippen LogP contribution in [-0.4, -0.2) is 28.9 Å². The van der Waals surface area contributed by atoms with Gasteiger partial charge in [0.2, 0.25) is 0 Å². The Bertz CT molecular complexity index is 677. The van der Waals surface area contributed by atoms with Crippen LogP contribution in [0.4, 0.5) is 4.79 Å². The fourth-order valence-corrected chi connectivity index (χ4v) is 2.51. The Balaban J connectivity index is 2.24. The summed E-state index contributed by atoms with van der Waals surface area (Å²) in [6, 6.07) is 18.7. The van der Waals surface area contributed by atoms with Gasteiger partial charge in [-0.15, -0.1) is 0 Å². The maximum atomic E-state index is 12.7. The van der Waals surface area contributed by atoms with Crippen molar-refractivity contribution in [3.8, 4) is 0 Å². The number of carbonyl (C=O) groups is 2. The number of carbonyl (C=O) groups excluding carboxylic acids is 2. The van der Waals surface area contributed by atoms with E-state index in [-0.39, 0.29) is 0 Å². The Labute approximate surface area is 149 Å². The molecule has 0 aromatic heterocycles. The van der Waals surface area contributed by atoms with Gasteiger partial charge in [-0.25, -0.2) is 4.79 Å². The van der Waals surface area contributed by atoms with E-state index in [0.29, 0.717) is 13.0 Å². The van der Waals surface area contributed by atoms with Gasteiger partial charge in [0.1, 0.15) is 11.9 Å². The van der Waals surface area contributed by atoms with Crippen LogP contribution in [0.2, 0.25) is 0 Å². The Morgan fingerprint density at radius 3 is 2.00 bits per heavy atom. The molecule has 1 atom stereocenters. The van der Waals surface area contributed by atoms with Crippen molar-refractivity contribution in [1.82, 2.24) is 4.90 Å². The number of hydrogen-bond donors (Lipinski definition) is 0. The second-order valence-electron chi connectivity index (χ2n) is 6.99. The fraction of sp³-hybridized carbons (Fsp3) is 0.333. The zero-order chi connectivity index (χ0) is 18.3. The quantitative estimate of drug-likeness (QED) is 0.740. The standard InChI is InChI=1S/C21H25NO3/c1-21(2,3)25-20(24)22(15-18-12-8-5-9-13-18)19(16-23)14-17-10-6-4-7-11-17/h4-13,16,19H,14-15H2,1-3H3/t19-/m0/s1. The van der Waals surface area contributed by atoms with Gasteiger partial charge >= 0.3 is 6.09 Å². The molecular formula is C21H25NO3. The summed E-state index contributed by atoms with van der Waals surface area (Å²) in [6.07, 6.45) is 0.792. The van der Waals surface area contributed by atoms with Gasteiger partial charge < -0.3 is 9.53 Å². The van der Waals surface area contributed by atoms with Crippen LogP contribution in [-0.2, 0) is 22.5 Å². The van der Waals surface area contributed by atoms with E-state index in [1.807, 2.05) is 81.4 Å². The second kappa shape index (κ2) is 8.47. The molecule has 0 aliphatic rings. The van der Waals surface area contributed by atoms with Crippen molar-refractivity contribution in [2.45, 2.75) is 45.4 Å². The van der Waals surface area contributed by atoms with Crippen molar-refractivity contribution in [1.29, 1.82) is 0 Å². The highest BCUT2D eigenvalue weighted by Gasteiger charge is 2.28. The summed E-state index contributed by atoms with van der Waals surface area (Å²) >= 11 is 0. The topological polar surface area (TPSA) is 46.6 Å². The van der Waals surface area contributed by atoms with Crippen LogP contribution < -0.4 is 0 Å². The molecule has 2 aromatic carbocycles. The fourth-order valence-electron chi connectivity index (χ4n) is 2.51. The molecule has 1 amide bonds. The molecule has 0 saturated heterocycles. The molecule has 0 heterocycles. The summed E-state index contributed by atoms with van der Waals surface area (Å²) in [6.45, 7) is 5.78. The lowest BCUT2D eigenvalue weighted by molar-refractivity contribution is -0.112. The van der Waals surface area contributed by atoms with Crippen molar-refractivity contribution in [3.05, 3.63) is 71.8 Å². The number of amides is 1. The average molecular weight is 339 g/mol. The highest BCUT2D eigenvalue weighted by molar-refractivity contribution is 5.74. The Morgan fingerprint density at radius 1 is 1.00 bits per heavy atom. The molecule has 0 aliphatic heterocycles. The van der Waals surface area contributed by atoms with Gasteiger partial charge in [0.25, 0.3) is 0 Å². The Morgan fingerprint density at radius 2 is 1.52 bits per heavy atom. The van der Waals surface area contributed by atoms with Crippen molar-refractivity contribution >= 4 is 12.4 Å². The number of aldehydes is 1. The first kappa shape index (κ1) is 18.7. The third-order valence-electron chi connectivity index (χ3n) is 3.67. The van der Waals surface area contributed by atoms with E-state index in [9.17, 15) is 9.59 Å². The van der Waals surface area contributed by atoms with Gasteiger partial charge in [0, 0.05) is 6.54 Å². The van der Waals surface area contributed by atoms with E-state index in [1.54, 1.807) is 0 Å². The number of ether oxygens (including phenoxy) is 1. The SMILES string of the molecule is CC(C)(C)OC(=O)N(Cc1ccccc1)[C@H](C=O)Cc1ccccc1. The highest BCUT2D eigenvalue weighted by Crippen LogP contribution is 2.17. The highest BCUT2D eigenvalue weighted by atomic mass is 16.6. The predicted octanol–water partition coefficient (Wildman–Crippen LogP) is 4.23. The molecule has 2 aromatic rings. The molecule has 0 saturated carbocycles. The van der Waals surface area contributed by atoms with Crippen molar-refractivity contribution in [3.63, 3.8) is 0 Å². The minimum atomic E-state index is -0.619. The summed E-state index contributed by atoms with van der Waals surface area (Å²) in [5.74, 6) is 0. The zero-order valence-electron chi connectivity index (χ0n) is 15.0. The van der Waals surface area contributed by atoms with E-state index in [1.165, 1.54) is 4.90 Å². The number of rotatable bonds is 6. The first-order valence-electron chi connectivity index (χ1n) is 8.42. The summed E-state index contributed by atoms with van der Waals surface area (Å²) in [7, 11) is 0. The van der Waals surface area contributed by atoms with Crippen LogP contribution >= 0.6 is 0 Å². The van der Waals surface area contributed by atoms with Crippen LogP contribution in [0.3, 0.4) is 0 Å². The smallest absolute Gasteiger partial charge is 0.411 e. The molecule has 4 heteroatoms. The molecule has 25 heavy (non-hydrogen) atoms. The van der Waals surface area contributed by atoms with E-state index in [0.717, 1.165) is 17.4 Å². The molecular weight excluding hydrogens is 314 g/mol. The third-order valence-corrected chi connectivity index (χ3v) is 3.67. The molecule has 132 valence electrons. The third kappa shape index (κ3) is 6.07. The Kier molecular flexibility index (Phi) is 6.34. The number of hydrogen-bond acceptors (Lipinski definition) is 3. The summed E-state index contributed by atoms with van der Waals surface area (Å²) < 4.78 is 5.52.